The van der Waals surface area contributed by atoms with Crippen LogP contribution in [0.2, 0.25) is 0 Å². The molecule has 3 nitrogen and oxygen atoms in total. The van der Waals surface area contributed by atoms with Gasteiger partial charge in [0.25, 0.3) is 0 Å². The van der Waals surface area contributed by atoms with Crippen molar-refractivity contribution in [1.82, 2.24) is 4.98 Å². The van der Waals surface area contributed by atoms with Crippen LogP contribution in [-0.2, 0) is 0 Å². The Bertz CT molecular complexity index is 229. The molecular formula is C6H9N3S. The summed E-state index contributed by atoms with van der Waals surface area (Å²) in [6.07, 6.45) is 3.87. The average molecular weight is 155 g/mol. The van der Waals surface area contributed by atoms with Gasteiger partial charge in [-0.1, -0.05) is 6.08 Å². The summed E-state index contributed by atoms with van der Waals surface area (Å²) in [6.45, 7) is 1.95. The molecule has 0 aliphatic heterocycles. The topological polar surface area (TPSA) is 50.9 Å². The van der Waals surface area contributed by atoms with Gasteiger partial charge in [0.2, 0.25) is 0 Å². The Hall–Kier alpha value is -0.870. The van der Waals surface area contributed by atoms with Crippen molar-refractivity contribution in [2.45, 2.75) is 6.92 Å². The van der Waals surface area contributed by atoms with Crippen molar-refractivity contribution in [3.05, 3.63) is 17.2 Å². The molecule has 0 unspecified atom stereocenters. The van der Waals surface area contributed by atoms with E-state index in [-0.39, 0.29) is 0 Å². The van der Waals surface area contributed by atoms with E-state index in [2.05, 4.69) is 10.4 Å². The minimum absolute atomic E-state index is 0.744. The molecule has 4 heteroatoms. The molecule has 10 heavy (non-hydrogen) atoms. The van der Waals surface area contributed by atoms with Gasteiger partial charge in [0, 0.05) is 5.38 Å². The normalized spacial score (nSPS) is 10.6. The van der Waals surface area contributed by atoms with E-state index in [1.807, 2.05) is 24.5 Å². The van der Waals surface area contributed by atoms with Crippen molar-refractivity contribution in [2.24, 2.45) is 5.84 Å². The molecule has 0 aromatic carbocycles. The van der Waals surface area contributed by atoms with Gasteiger partial charge in [-0.3, -0.25) is 5.43 Å². The smallest absolute Gasteiger partial charge is 0.197 e. The molecule has 0 amide bonds. The Morgan fingerprint density at radius 2 is 2.60 bits per heavy atom. The molecule has 0 radical (unpaired) electrons. The van der Waals surface area contributed by atoms with Gasteiger partial charge in [-0.05, 0) is 13.0 Å². The standard InChI is InChI=1S/C6H9N3S/c1-2-3-5-4-10-6(8-5)9-7/h2-4H,7H2,1H3,(H,8,9)/b3-2-. The highest BCUT2D eigenvalue weighted by molar-refractivity contribution is 7.13. The number of thiazole rings is 1. The Labute approximate surface area is 63.6 Å². The summed E-state index contributed by atoms with van der Waals surface area (Å²) in [5.74, 6) is 5.13. The van der Waals surface area contributed by atoms with Crippen LogP contribution >= 0.6 is 11.3 Å². The zero-order chi connectivity index (χ0) is 7.40. The number of nitrogens with two attached hydrogens (primary N) is 1. The first kappa shape index (κ1) is 7.24. The molecule has 0 fully saturated rings. The number of nitrogens with one attached hydrogen (secondary N) is 1. The van der Waals surface area contributed by atoms with Gasteiger partial charge < -0.3 is 0 Å². The van der Waals surface area contributed by atoms with Crippen LogP contribution in [-0.4, -0.2) is 4.98 Å². The number of aromatic nitrogens is 1. The molecule has 1 heterocycles. The van der Waals surface area contributed by atoms with Crippen LogP contribution in [0.3, 0.4) is 0 Å². The lowest BCUT2D eigenvalue weighted by Crippen LogP contribution is -2.05. The molecular weight excluding hydrogens is 146 g/mol. The number of nitrogens with zero attached hydrogens (tertiary/aromatic N) is 1. The third-order valence-electron chi connectivity index (χ3n) is 0.983. The number of anilines is 1. The number of hydrogen-bond donors (Lipinski definition) is 2. The maximum atomic E-state index is 5.13. The average Bonchev–Trinajstić information content (AvgIpc) is 2.37. The van der Waals surface area contributed by atoms with Gasteiger partial charge in [-0.25, -0.2) is 10.8 Å². The maximum absolute atomic E-state index is 5.13. The first-order valence-corrected chi connectivity index (χ1v) is 3.79. The number of allylic oxidation sites excluding steroid dienone is 1. The van der Waals surface area contributed by atoms with Crippen LogP contribution in [0.4, 0.5) is 5.13 Å². The lowest BCUT2D eigenvalue weighted by Gasteiger charge is -1.86. The maximum Gasteiger partial charge on any atom is 0.197 e. The lowest BCUT2D eigenvalue weighted by atomic mass is 10.4. The Morgan fingerprint density at radius 3 is 3.10 bits per heavy atom. The van der Waals surface area contributed by atoms with Crippen LogP contribution in [0.15, 0.2) is 11.5 Å². The van der Waals surface area contributed by atoms with E-state index < -0.39 is 0 Å². The molecule has 0 atom stereocenters. The Balaban J connectivity index is 2.78. The monoisotopic (exact) mass is 155 g/mol. The Kier molecular flexibility index (Phi) is 2.42. The SMILES string of the molecule is C/C=C\c1csc(NN)n1. The highest BCUT2D eigenvalue weighted by Crippen LogP contribution is 2.14. The Morgan fingerprint density at radius 1 is 1.80 bits per heavy atom. The van der Waals surface area contributed by atoms with E-state index in [0.717, 1.165) is 10.8 Å². The van der Waals surface area contributed by atoms with E-state index >= 15 is 0 Å². The predicted octanol–water partition coefficient (Wildman–Crippen LogP) is 1.46. The van der Waals surface area contributed by atoms with E-state index in [1.54, 1.807) is 0 Å². The van der Waals surface area contributed by atoms with E-state index in [4.69, 9.17) is 5.84 Å². The largest absolute Gasteiger partial charge is 0.300 e. The number of hydrazine groups is 1. The number of rotatable bonds is 2. The van der Waals surface area contributed by atoms with E-state index in [1.165, 1.54) is 11.3 Å². The fourth-order valence-corrected chi connectivity index (χ4v) is 1.19. The lowest BCUT2D eigenvalue weighted by molar-refractivity contribution is 1.27. The minimum atomic E-state index is 0.744. The van der Waals surface area contributed by atoms with Crippen molar-refractivity contribution < 1.29 is 0 Å². The summed E-state index contributed by atoms with van der Waals surface area (Å²) in [6, 6.07) is 0. The van der Waals surface area contributed by atoms with Crippen LogP contribution in [0.5, 0.6) is 0 Å². The molecule has 54 valence electrons. The molecule has 0 aliphatic carbocycles. The molecule has 3 N–H and O–H groups in total. The zero-order valence-electron chi connectivity index (χ0n) is 5.66. The van der Waals surface area contributed by atoms with Gasteiger partial charge in [0.05, 0.1) is 5.69 Å². The fourth-order valence-electron chi connectivity index (χ4n) is 0.600. The molecule has 0 aliphatic rings. The fraction of sp³-hybridized carbons (Fsp3) is 0.167. The second-order valence-electron chi connectivity index (χ2n) is 1.72. The summed E-state index contributed by atoms with van der Waals surface area (Å²) in [4.78, 5) is 4.11. The summed E-state index contributed by atoms with van der Waals surface area (Å²) in [5.41, 5.74) is 3.42. The minimum Gasteiger partial charge on any atom is -0.300 e. The van der Waals surface area contributed by atoms with Gasteiger partial charge >= 0.3 is 0 Å². The van der Waals surface area contributed by atoms with Crippen molar-refractivity contribution in [3.8, 4) is 0 Å². The first-order chi connectivity index (χ1) is 4.86. The molecule has 1 aromatic rings. The summed E-state index contributed by atoms with van der Waals surface area (Å²) < 4.78 is 0. The summed E-state index contributed by atoms with van der Waals surface area (Å²) >= 11 is 1.49. The molecule has 1 rings (SSSR count). The van der Waals surface area contributed by atoms with Crippen LogP contribution in [0.1, 0.15) is 12.6 Å². The molecule has 0 saturated heterocycles. The summed E-state index contributed by atoms with van der Waals surface area (Å²) in [5, 5.41) is 2.68. The van der Waals surface area contributed by atoms with E-state index in [0.29, 0.717) is 0 Å². The highest BCUT2D eigenvalue weighted by Gasteiger charge is 1.93. The third-order valence-corrected chi connectivity index (χ3v) is 1.77. The van der Waals surface area contributed by atoms with Crippen molar-refractivity contribution in [2.75, 3.05) is 5.43 Å². The quantitative estimate of drug-likeness (QED) is 0.502. The van der Waals surface area contributed by atoms with Gasteiger partial charge in [-0.2, -0.15) is 0 Å². The van der Waals surface area contributed by atoms with Gasteiger partial charge in [-0.15, -0.1) is 11.3 Å². The van der Waals surface area contributed by atoms with Crippen LogP contribution < -0.4 is 11.3 Å². The van der Waals surface area contributed by atoms with Crippen molar-refractivity contribution in [3.63, 3.8) is 0 Å². The second-order valence-corrected chi connectivity index (χ2v) is 2.58. The second kappa shape index (κ2) is 3.34. The van der Waals surface area contributed by atoms with Crippen LogP contribution in [0.25, 0.3) is 6.08 Å². The number of nitrogen functional groups attached to an aromatic ring is 1. The number of hydrogen-bond acceptors (Lipinski definition) is 4. The van der Waals surface area contributed by atoms with Gasteiger partial charge in [0.15, 0.2) is 5.13 Å². The summed E-state index contributed by atoms with van der Waals surface area (Å²) in [7, 11) is 0. The van der Waals surface area contributed by atoms with Crippen LogP contribution in [0, 0.1) is 0 Å². The first-order valence-electron chi connectivity index (χ1n) is 2.91. The molecule has 0 saturated carbocycles. The molecule has 1 aromatic heterocycles. The zero-order valence-corrected chi connectivity index (χ0v) is 6.48. The van der Waals surface area contributed by atoms with Gasteiger partial charge in [0.1, 0.15) is 0 Å². The highest BCUT2D eigenvalue weighted by atomic mass is 32.1. The molecule has 0 bridgehead atoms. The van der Waals surface area contributed by atoms with Crippen molar-refractivity contribution >= 4 is 22.5 Å². The predicted molar refractivity (Wildman–Crippen MR) is 44.6 cm³/mol. The third kappa shape index (κ3) is 1.55. The van der Waals surface area contributed by atoms with Crippen molar-refractivity contribution in [1.29, 1.82) is 0 Å². The van der Waals surface area contributed by atoms with E-state index in [9.17, 15) is 0 Å². The molecule has 0 spiro atoms.